The van der Waals surface area contributed by atoms with Crippen LogP contribution in [0.1, 0.15) is 77.0 Å². The van der Waals surface area contributed by atoms with E-state index in [-0.39, 0.29) is 40.9 Å². The second-order valence-electron chi connectivity index (χ2n) is 5.40. The van der Waals surface area contributed by atoms with E-state index >= 15 is 0 Å². The van der Waals surface area contributed by atoms with E-state index in [1.165, 1.54) is 77.0 Å². The number of halogens is 1. The molecule has 0 bridgehead atoms. The average Bonchev–Trinajstić information content (AvgIpc) is 2.54. The molecule has 0 heterocycles. The SMILES string of the molecule is C1CCCCC1.C1CCCCC1.[Br-].[Sn].c1ccccc1. The maximum absolute atomic E-state index is 2.00. The Hall–Kier alpha value is 0.499. The van der Waals surface area contributed by atoms with Crippen molar-refractivity contribution in [2.75, 3.05) is 0 Å². The van der Waals surface area contributed by atoms with E-state index in [2.05, 4.69) is 0 Å². The maximum atomic E-state index is 2.00. The van der Waals surface area contributed by atoms with E-state index in [0.717, 1.165) is 0 Å². The summed E-state index contributed by atoms with van der Waals surface area (Å²) in [5.41, 5.74) is 0. The molecule has 0 N–H and O–H groups in total. The summed E-state index contributed by atoms with van der Waals surface area (Å²) in [6.07, 6.45) is 18.0. The van der Waals surface area contributed by atoms with Gasteiger partial charge in [0.05, 0.1) is 0 Å². The summed E-state index contributed by atoms with van der Waals surface area (Å²) in [5, 5.41) is 0. The van der Waals surface area contributed by atoms with Gasteiger partial charge in [0.1, 0.15) is 0 Å². The predicted octanol–water partition coefficient (Wildman–Crippen LogP) is 2.99. The third kappa shape index (κ3) is 16.6. The average molecular weight is 445 g/mol. The van der Waals surface area contributed by atoms with E-state index < -0.39 is 0 Å². The Labute approximate surface area is 153 Å². The van der Waals surface area contributed by atoms with Crippen molar-refractivity contribution in [2.45, 2.75) is 77.0 Å². The zero-order valence-electron chi connectivity index (χ0n) is 12.8. The Morgan fingerprint density at radius 2 is 0.400 bits per heavy atom. The van der Waals surface area contributed by atoms with Gasteiger partial charge in [0.2, 0.25) is 0 Å². The molecule has 0 saturated heterocycles. The van der Waals surface area contributed by atoms with Crippen LogP contribution in [0.4, 0.5) is 0 Å². The van der Waals surface area contributed by atoms with Crippen molar-refractivity contribution in [3.8, 4) is 0 Å². The van der Waals surface area contributed by atoms with Crippen LogP contribution in [0.5, 0.6) is 0 Å². The molecule has 2 fully saturated rings. The largest absolute Gasteiger partial charge is 1.00 e. The van der Waals surface area contributed by atoms with Crippen LogP contribution in [-0.4, -0.2) is 23.9 Å². The molecule has 2 aliphatic carbocycles. The molecule has 1 aromatic carbocycles. The second kappa shape index (κ2) is 19.5. The predicted molar refractivity (Wildman–Crippen MR) is 87.6 cm³/mol. The van der Waals surface area contributed by atoms with E-state index in [9.17, 15) is 0 Å². The molecule has 0 nitrogen and oxygen atoms in total. The molecule has 0 atom stereocenters. The Morgan fingerprint density at radius 3 is 0.500 bits per heavy atom. The number of benzene rings is 1. The Morgan fingerprint density at radius 1 is 0.300 bits per heavy atom. The molecule has 0 unspecified atom stereocenters. The van der Waals surface area contributed by atoms with Crippen LogP contribution in [0.15, 0.2) is 36.4 Å². The van der Waals surface area contributed by atoms with Gasteiger partial charge in [-0.15, -0.1) is 0 Å². The minimum atomic E-state index is 0. The van der Waals surface area contributed by atoms with Gasteiger partial charge >= 0.3 is 0 Å². The molecule has 0 aliphatic heterocycles. The first-order valence-electron chi connectivity index (χ1n) is 8.00. The van der Waals surface area contributed by atoms with Crippen LogP contribution in [0.25, 0.3) is 0 Å². The molecule has 2 saturated carbocycles. The minimum absolute atomic E-state index is 0. The zero-order valence-corrected chi connectivity index (χ0v) is 17.3. The van der Waals surface area contributed by atoms with Crippen molar-refractivity contribution >= 4 is 23.9 Å². The molecule has 0 amide bonds. The Bertz CT molecular complexity index is 181. The van der Waals surface area contributed by atoms with Crippen LogP contribution in [-0.2, 0) is 0 Å². The number of rotatable bonds is 0. The first-order valence-corrected chi connectivity index (χ1v) is 8.00. The normalized spacial score (nSPS) is 16.8. The van der Waals surface area contributed by atoms with Crippen molar-refractivity contribution in [3.05, 3.63) is 36.4 Å². The van der Waals surface area contributed by atoms with Crippen molar-refractivity contribution in [3.63, 3.8) is 0 Å². The van der Waals surface area contributed by atoms with E-state index in [1.807, 2.05) is 36.4 Å². The molecule has 20 heavy (non-hydrogen) atoms. The molecule has 1 aromatic rings. The van der Waals surface area contributed by atoms with Crippen LogP contribution in [0.2, 0.25) is 0 Å². The van der Waals surface area contributed by atoms with Gasteiger partial charge in [-0.25, -0.2) is 0 Å². The van der Waals surface area contributed by atoms with Gasteiger partial charge in [0, 0.05) is 23.9 Å². The summed E-state index contributed by atoms with van der Waals surface area (Å²) >= 11 is 0. The van der Waals surface area contributed by atoms with Gasteiger partial charge in [-0.05, 0) is 0 Å². The van der Waals surface area contributed by atoms with Gasteiger partial charge in [-0.2, -0.15) is 0 Å². The number of hydrogen-bond acceptors (Lipinski definition) is 0. The third-order valence-corrected chi connectivity index (χ3v) is 3.67. The van der Waals surface area contributed by atoms with Crippen molar-refractivity contribution in [1.29, 1.82) is 0 Å². The summed E-state index contributed by atoms with van der Waals surface area (Å²) in [6.45, 7) is 0. The first-order chi connectivity index (χ1) is 9.00. The molecule has 0 spiro atoms. The van der Waals surface area contributed by atoms with Crippen LogP contribution < -0.4 is 17.0 Å². The van der Waals surface area contributed by atoms with E-state index in [1.54, 1.807) is 0 Å². The fourth-order valence-electron chi connectivity index (χ4n) is 2.51. The molecule has 3 rings (SSSR count). The van der Waals surface area contributed by atoms with Gasteiger partial charge in [0.15, 0.2) is 0 Å². The van der Waals surface area contributed by atoms with Gasteiger partial charge in [-0.3, -0.25) is 0 Å². The van der Waals surface area contributed by atoms with Gasteiger partial charge in [0.25, 0.3) is 0 Å². The van der Waals surface area contributed by atoms with E-state index in [0.29, 0.717) is 0 Å². The van der Waals surface area contributed by atoms with E-state index in [4.69, 9.17) is 0 Å². The van der Waals surface area contributed by atoms with Gasteiger partial charge < -0.3 is 17.0 Å². The minimum Gasteiger partial charge on any atom is -1.00 e. The Kier molecular flexibility index (Phi) is 22.2. The monoisotopic (exact) mass is 445 g/mol. The summed E-state index contributed by atoms with van der Waals surface area (Å²) in [5.74, 6) is 0. The Balaban J connectivity index is 0. The van der Waals surface area contributed by atoms with Gasteiger partial charge in [-0.1, -0.05) is 113 Å². The molecular formula is C18H30BrSn-. The van der Waals surface area contributed by atoms with Crippen LogP contribution in [0.3, 0.4) is 0 Å². The quantitative estimate of drug-likeness (QED) is 0.540. The fraction of sp³-hybridized carbons (Fsp3) is 0.667. The zero-order chi connectivity index (χ0) is 12.7. The smallest absolute Gasteiger partial charge is 0 e. The summed E-state index contributed by atoms with van der Waals surface area (Å²) in [7, 11) is 0. The second-order valence-corrected chi connectivity index (χ2v) is 5.40. The molecule has 2 aliphatic rings. The molecule has 0 aromatic heterocycles. The summed E-state index contributed by atoms with van der Waals surface area (Å²) in [4.78, 5) is 0. The molecule has 4 radical (unpaired) electrons. The number of hydrogen-bond donors (Lipinski definition) is 0. The molecule has 114 valence electrons. The van der Waals surface area contributed by atoms with Crippen molar-refractivity contribution in [2.24, 2.45) is 0 Å². The van der Waals surface area contributed by atoms with Crippen molar-refractivity contribution < 1.29 is 17.0 Å². The topological polar surface area (TPSA) is 0 Å². The van der Waals surface area contributed by atoms with Crippen LogP contribution >= 0.6 is 0 Å². The van der Waals surface area contributed by atoms with Crippen LogP contribution in [0, 0.1) is 0 Å². The maximum Gasteiger partial charge on any atom is 0 e. The standard InChI is InChI=1S/2C6H12.C6H6.BrH.Sn/c3*1-2-4-6-5-3-1;;/h2*1-6H2;1-6H;1H;/p-1. The van der Waals surface area contributed by atoms with Crippen molar-refractivity contribution in [1.82, 2.24) is 0 Å². The fourth-order valence-corrected chi connectivity index (χ4v) is 2.51. The summed E-state index contributed by atoms with van der Waals surface area (Å²) < 4.78 is 0. The summed E-state index contributed by atoms with van der Waals surface area (Å²) in [6, 6.07) is 12.0. The first kappa shape index (κ1) is 22.8. The third-order valence-electron chi connectivity index (χ3n) is 3.67. The molecule has 2 heteroatoms. The molecular weight excluding hydrogens is 415 g/mol.